The van der Waals surface area contributed by atoms with Crippen LogP contribution < -0.4 is 24.4 Å². The summed E-state index contributed by atoms with van der Waals surface area (Å²) in [6.45, 7) is 0.157. The second-order valence-electron chi connectivity index (χ2n) is 7.08. The highest BCUT2D eigenvalue weighted by Crippen LogP contribution is 2.43. The first-order valence-electron chi connectivity index (χ1n) is 9.58. The third kappa shape index (κ3) is 4.72. The van der Waals surface area contributed by atoms with E-state index >= 15 is 0 Å². The highest BCUT2D eigenvalue weighted by atomic mass is 35.5. The molecule has 11 nitrogen and oxygen atoms in total. The average molecular weight is 467 g/mol. The highest BCUT2D eigenvalue weighted by molar-refractivity contribution is 6.32. The lowest BCUT2D eigenvalue weighted by Gasteiger charge is -2.35. The van der Waals surface area contributed by atoms with Crippen LogP contribution in [0.3, 0.4) is 0 Å². The van der Waals surface area contributed by atoms with Crippen molar-refractivity contribution in [3.05, 3.63) is 23.4 Å². The fraction of sp³-hybridized carbons (Fsp3) is 0.400. The molecule has 1 aromatic carbocycles. The molecule has 172 valence electrons. The Labute approximate surface area is 188 Å². The number of carboxylic acid groups (broad SMARTS) is 2. The topological polar surface area (TPSA) is 143 Å². The summed E-state index contributed by atoms with van der Waals surface area (Å²) in [5, 5.41) is 22.1. The summed E-state index contributed by atoms with van der Waals surface area (Å²) in [6, 6.07) is 3.37. The van der Waals surface area contributed by atoms with E-state index in [2.05, 4.69) is 15.3 Å². The van der Waals surface area contributed by atoms with Gasteiger partial charge in [-0.2, -0.15) is 4.98 Å². The van der Waals surface area contributed by atoms with Gasteiger partial charge < -0.3 is 34.6 Å². The highest BCUT2D eigenvalue weighted by Gasteiger charge is 2.36. The summed E-state index contributed by atoms with van der Waals surface area (Å²) in [4.78, 5) is 33.2. The third-order valence-electron chi connectivity index (χ3n) is 5.12. The zero-order valence-corrected chi connectivity index (χ0v) is 18.4. The predicted octanol–water partition coefficient (Wildman–Crippen LogP) is 2.51. The first-order valence-corrected chi connectivity index (χ1v) is 9.95. The van der Waals surface area contributed by atoms with Crippen molar-refractivity contribution in [2.24, 2.45) is 11.8 Å². The summed E-state index contributed by atoms with van der Waals surface area (Å²) in [6.07, 6.45) is 1.40. The summed E-state index contributed by atoms with van der Waals surface area (Å²) in [5.74, 6) is -2.27. The van der Waals surface area contributed by atoms with Crippen molar-refractivity contribution < 1.29 is 34.0 Å². The Morgan fingerprint density at radius 2 is 1.69 bits per heavy atom. The van der Waals surface area contributed by atoms with Crippen molar-refractivity contribution in [3.8, 4) is 17.2 Å². The Kier molecular flexibility index (Phi) is 7.08. The second kappa shape index (κ2) is 9.77. The minimum absolute atomic E-state index is 0.0395. The molecule has 2 atom stereocenters. The number of carboxylic acids is 2. The van der Waals surface area contributed by atoms with Crippen molar-refractivity contribution in [2.45, 2.75) is 6.42 Å². The molecule has 0 amide bonds. The fourth-order valence-corrected chi connectivity index (χ4v) is 3.80. The molecular formula is C20H23ClN4O7. The van der Waals surface area contributed by atoms with Crippen molar-refractivity contribution in [1.82, 2.24) is 9.97 Å². The first kappa shape index (κ1) is 23.2. The van der Waals surface area contributed by atoms with E-state index < -0.39 is 23.8 Å². The number of hydrogen-bond donors (Lipinski definition) is 3. The molecule has 0 radical (unpaired) electrons. The SMILES string of the molecule is COc1ccc(Nc2ncc(Cl)c(N3C[C@H](C(=O)O)C[C@H](C(=O)O)C3)n2)c(OC)c1OC. The number of carbonyl (C=O) groups is 2. The molecule has 12 heteroatoms. The Morgan fingerprint density at radius 3 is 2.22 bits per heavy atom. The maximum atomic E-state index is 11.5. The third-order valence-corrected chi connectivity index (χ3v) is 5.39. The first-order chi connectivity index (χ1) is 15.3. The molecule has 1 aliphatic rings. The molecule has 3 N–H and O–H groups in total. The molecule has 32 heavy (non-hydrogen) atoms. The van der Waals surface area contributed by atoms with Gasteiger partial charge in [-0.1, -0.05) is 11.6 Å². The number of methoxy groups -OCH3 is 3. The monoisotopic (exact) mass is 466 g/mol. The van der Waals surface area contributed by atoms with E-state index in [4.69, 9.17) is 25.8 Å². The normalized spacial score (nSPS) is 18.1. The number of piperidine rings is 1. The summed E-state index contributed by atoms with van der Waals surface area (Å²) in [7, 11) is 4.46. The zero-order chi connectivity index (χ0) is 23.4. The van der Waals surface area contributed by atoms with Gasteiger partial charge >= 0.3 is 11.9 Å². The maximum absolute atomic E-state index is 11.5. The van der Waals surface area contributed by atoms with Gasteiger partial charge in [0.05, 0.1) is 45.0 Å². The summed E-state index contributed by atoms with van der Waals surface area (Å²) in [5.41, 5.74) is 0.490. The van der Waals surface area contributed by atoms with Crippen molar-refractivity contribution in [1.29, 1.82) is 0 Å². The van der Waals surface area contributed by atoms with Gasteiger partial charge in [0.2, 0.25) is 11.7 Å². The number of nitrogens with one attached hydrogen (secondary N) is 1. The maximum Gasteiger partial charge on any atom is 0.308 e. The number of aliphatic carboxylic acids is 2. The molecular weight excluding hydrogens is 444 g/mol. The fourth-order valence-electron chi connectivity index (χ4n) is 3.59. The Hall–Kier alpha value is -3.47. The minimum atomic E-state index is -1.07. The lowest BCUT2D eigenvalue weighted by atomic mass is 9.89. The van der Waals surface area contributed by atoms with Crippen LogP contribution in [-0.4, -0.2) is 66.5 Å². The molecule has 0 saturated carbocycles. The van der Waals surface area contributed by atoms with Gasteiger partial charge in [0, 0.05) is 13.1 Å². The standard InChI is InChI=1S/C20H23ClN4O7/c1-30-14-5-4-13(15(31-2)16(14)32-3)23-20-22-7-12(21)17(24-20)25-8-10(18(26)27)6-11(9-25)19(28)29/h4-5,7,10-11H,6,8-9H2,1-3H3,(H,26,27)(H,28,29)(H,22,23,24)/t10-,11+. The van der Waals surface area contributed by atoms with E-state index in [0.717, 1.165) is 0 Å². The van der Waals surface area contributed by atoms with Gasteiger partial charge in [-0.05, 0) is 18.6 Å². The van der Waals surface area contributed by atoms with Crippen LogP contribution in [0.1, 0.15) is 6.42 Å². The summed E-state index contributed by atoms with van der Waals surface area (Å²) < 4.78 is 16.1. The average Bonchev–Trinajstić information content (AvgIpc) is 2.79. The van der Waals surface area contributed by atoms with E-state index in [0.29, 0.717) is 22.9 Å². The van der Waals surface area contributed by atoms with Crippen LogP contribution in [0, 0.1) is 11.8 Å². The van der Waals surface area contributed by atoms with Gasteiger partial charge in [-0.15, -0.1) is 0 Å². The van der Waals surface area contributed by atoms with Crippen LogP contribution in [0.25, 0.3) is 0 Å². The molecule has 1 saturated heterocycles. The molecule has 0 bridgehead atoms. The number of hydrogen-bond acceptors (Lipinski definition) is 9. The molecule has 0 spiro atoms. The number of aromatic nitrogens is 2. The van der Waals surface area contributed by atoms with Crippen LogP contribution in [0.2, 0.25) is 5.02 Å². The summed E-state index contributed by atoms with van der Waals surface area (Å²) >= 11 is 6.28. The van der Waals surface area contributed by atoms with Gasteiger partial charge in [0.1, 0.15) is 5.02 Å². The van der Waals surface area contributed by atoms with Crippen LogP contribution in [0.15, 0.2) is 18.3 Å². The molecule has 1 fully saturated rings. The number of nitrogens with zero attached hydrogens (tertiary/aromatic N) is 3. The van der Waals surface area contributed by atoms with Gasteiger partial charge in [0.15, 0.2) is 17.3 Å². The van der Waals surface area contributed by atoms with Crippen molar-refractivity contribution in [2.75, 3.05) is 44.6 Å². The minimum Gasteiger partial charge on any atom is -0.493 e. The molecule has 1 aromatic heterocycles. The Bertz CT molecular complexity index is 998. The van der Waals surface area contributed by atoms with E-state index in [1.54, 1.807) is 17.0 Å². The lowest BCUT2D eigenvalue weighted by Crippen LogP contribution is -2.46. The number of benzene rings is 1. The number of rotatable bonds is 8. The van der Waals surface area contributed by atoms with Gasteiger partial charge in [-0.25, -0.2) is 4.98 Å². The van der Waals surface area contributed by atoms with Crippen LogP contribution in [0.4, 0.5) is 17.5 Å². The zero-order valence-electron chi connectivity index (χ0n) is 17.7. The largest absolute Gasteiger partial charge is 0.493 e. The van der Waals surface area contributed by atoms with E-state index in [-0.39, 0.29) is 36.3 Å². The van der Waals surface area contributed by atoms with E-state index in [1.807, 2.05) is 0 Å². The second-order valence-corrected chi connectivity index (χ2v) is 7.49. The van der Waals surface area contributed by atoms with E-state index in [9.17, 15) is 19.8 Å². The quantitative estimate of drug-likeness (QED) is 0.527. The van der Waals surface area contributed by atoms with E-state index in [1.165, 1.54) is 27.5 Å². The van der Waals surface area contributed by atoms with Gasteiger partial charge in [0.25, 0.3) is 0 Å². The molecule has 2 aromatic rings. The predicted molar refractivity (Wildman–Crippen MR) is 116 cm³/mol. The number of ether oxygens (including phenoxy) is 3. The smallest absolute Gasteiger partial charge is 0.308 e. The Morgan fingerprint density at radius 1 is 1.06 bits per heavy atom. The molecule has 2 heterocycles. The van der Waals surface area contributed by atoms with Crippen LogP contribution in [-0.2, 0) is 9.59 Å². The lowest BCUT2D eigenvalue weighted by molar-refractivity contribution is -0.146. The Balaban J connectivity index is 1.94. The number of halogens is 1. The van der Waals surface area contributed by atoms with Crippen LogP contribution >= 0.6 is 11.6 Å². The van der Waals surface area contributed by atoms with Crippen LogP contribution in [0.5, 0.6) is 17.2 Å². The van der Waals surface area contributed by atoms with Crippen molar-refractivity contribution >= 4 is 41.0 Å². The molecule has 0 aliphatic carbocycles. The van der Waals surface area contributed by atoms with Gasteiger partial charge in [-0.3, -0.25) is 9.59 Å². The number of anilines is 3. The molecule has 1 aliphatic heterocycles. The van der Waals surface area contributed by atoms with Crippen molar-refractivity contribution in [3.63, 3.8) is 0 Å². The molecule has 0 unspecified atom stereocenters. The molecule has 3 rings (SSSR count).